The van der Waals surface area contributed by atoms with Gasteiger partial charge in [-0.3, -0.25) is 0 Å². The van der Waals surface area contributed by atoms with Crippen LogP contribution in [0.5, 0.6) is 0 Å². The van der Waals surface area contributed by atoms with Gasteiger partial charge >= 0.3 is 0 Å². The highest BCUT2D eigenvalue weighted by atomic mass is 15.0. The first-order chi connectivity index (χ1) is 9.47. The molecular weight excluding hydrogens is 248 g/mol. The number of nitrogens with one attached hydrogen (secondary N) is 1. The van der Waals surface area contributed by atoms with Crippen LogP contribution >= 0.6 is 0 Å². The van der Waals surface area contributed by atoms with Crippen molar-refractivity contribution in [3.8, 4) is 0 Å². The van der Waals surface area contributed by atoms with E-state index in [-0.39, 0.29) is 5.41 Å². The van der Waals surface area contributed by atoms with Gasteiger partial charge in [0, 0.05) is 12.1 Å². The second-order valence-corrected chi connectivity index (χ2v) is 5.83. The van der Waals surface area contributed by atoms with Crippen molar-refractivity contribution < 1.29 is 0 Å². The van der Waals surface area contributed by atoms with Crippen molar-refractivity contribution in [2.45, 2.75) is 38.6 Å². The Morgan fingerprint density at radius 1 is 1.20 bits per heavy atom. The lowest BCUT2D eigenvalue weighted by Crippen LogP contribution is -2.28. The van der Waals surface area contributed by atoms with Gasteiger partial charge in [0.1, 0.15) is 18.0 Å². The molecule has 0 aliphatic heterocycles. The Hall–Kier alpha value is -2.10. The average molecular weight is 270 g/mol. The van der Waals surface area contributed by atoms with Gasteiger partial charge in [0.2, 0.25) is 0 Å². The molecule has 1 atom stereocenters. The zero-order valence-electron chi connectivity index (χ0n) is 12.3. The number of nitrogens with two attached hydrogens (primary N) is 1. The normalized spacial score (nSPS) is 12.9. The van der Waals surface area contributed by atoms with E-state index in [2.05, 4.69) is 60.3 Å². The molecular formula is C16H22N4. The molecule has 0 fully saturated rings. The van der Waals surface area contributed by atoms with Crippen LogP contribution in [-0.4, -0.2) is 16.0 Å². The van der Waals surface area contributed by atoms with Crippen LogP contribution in [0.3, 0.4) is 0 Å². The van der Waals surface area contributed by atoms with Gasteiger partial charge in [-0.05, 0) is 24.3 Å². The van der Waals surface area contributed by atoms with Gasteiger partial charge in [-0.15, -0.1) is 0 Å². The molecule has 20 heavy (non-hydrogen) atoms. The molecule has 0 amide bonds. The molecule has 2 rings (SSSR count). The summed E-state index contributed by atoms with van der Waals surface area (Å²) in [5.41, 5.74) is 7.11. The molecule has 0 radical (unpaired) electrons. The van der Waals surface area contributed by atoms with Crippen LogP contribution in [0, 0.1) is 0 Å². The average Bonchev–Trinajstić information content (AvgIpc) is 2.39. The molecule has 0 bridgehead atoms. The molecule has 0 aliphatic rings. The minimum atomic E-state index is 0.103. The number of hydrogen-bond donors (Lipinski definition) is 2. The molecule has 0 saturated carbocycles. The van der Waals surface area contributed by atoms with Crippen molar-refractivity contribution in [1.29, 1.82) is 0 Å². The van der Waals surface area contributed by atoms with Crippen molar-refractivity contribution in [2.24, 2.45) is 0 Å². The van der Waals surface area contributed by atoms with Crippen molar-refractivity contribution in [2.75, 3.05) is 11.1 Å². The number of nitrogens with zero attached hydrogens (tertiary/aromatic N) is 2. The Morgan fingerprint density at radius 3 is 2.55 bits per heavy atom. The van der Waals surface area contributed by atoms with Crippen molar-refractivity contribution >= 4 is 11.6 Å². The van der Waals surface area contributed by atoms with Gasteiger partial charge in [-0.1, -0.05) is 44.2 Å². The summed E-state index contributed by atoms with van der Waals surface area (Å²) in [5.74, 6) is 1.26. The summed E-state index contributed by atoms with van der Waals surface area (Å²) in [4.78, 5) is 8.08. The van der Waals surface area contributed by atoms with Crippen molar-refractivity contribution in [3.63, 3.8) is 0 Å². The quantitative estimate of drug-likeness (QED) is 0.875. The van der Waals surface area contributed by atoms with Crippen LogP contribution < -0.4 is 11.1 Å². The predicted molar refractivity (Wildman–Crippen MR) is 83.6 cm³/mol. The largest absolute Gasteiger partial charge is 0.384 e. The Bertz CT molecular complexity index is 551. The molecule has 1 aromatic carbocycles. The fourth-order valence-electron chi connectivity index (χ4n) is 2.53. The summed E-state index contributed by atoms with van der Waals surface area (Å²) in [6, 6.07) is 12.6. The zero-order valence-corrected chi connectivity index (χ0v) is 12.3. The summed E-state index contributed by atoms with van der Waals surface area (Å²) >= 11 is 0. The van der Waals surface area contributed by atoms with Gasteiger partial charge in [0.15, 0.2) is 0 Å². The molecule has 3 N–H and O–H groups in total. The van der Waals surface area contributed by atoms with Gasteiger partial charge in [0.05, 0.1) is 0 Å². The SMILES string of the molecule is C[C@@H](CC(C)(C)c1ccccc1)Nc1cc(N)ncn1. The summed E-state index contributed by atoms with van der Waals surface area (Å²) in [7, 11) is 0. The molecule has 1 aromatic heterocycles. The highest BCUT2D eigenvalue weighted by Crippen LogP contribution is 2.28. The first-order valence-electron chi connectivity index (χ1n) is 6.87. The van der Waals surface area contributed by atoms with Crippen LogP contribution in [0.25, 0.3) is 0 Å². The minimum absolute atomic E-state index is 0.103. The van der Waals surface area contributed by atoms with E-state index >= 15 is 0 Å². The standard InChI is InChI=1S/C16H22N4/c1-12(20-15-9-14(17)18-11-19-15)10-16(2,3)13-7-5-4-6-8-13/h4-9,11-12H,10H2,1-3H3,(H3,17,18,19,20)/t12-/m0/s1. The molecule has 2 aromatic rings. The lowest BCUT2D eigenvalue weighted by molar-refractivity contribution is 0.450. The van der Waals surface area contributed by atoms with Crippen LogP contribution in [0.4, 0.5) is 11.6 Å². The van der Waals surface area contributed by atoms with E-state index in [1.165, 1.54) is 11.9 Å². The third-order valence-corrected chi connectivity index (χ3v) is 3.45. The predicted octanol–water partition coefficient (Wildman–Crippen LogP) is 3.23. The van der Waals surface area contributed by atoms with E-state index < -0.39 is 0 Å². The number of aromatic nitrogens is 2. The van der Waals surface area contributed by atoms with Crippen molar-refractivity contribution in [3.05, 3.63) is 48.3 Å². The van der Waals surface area contributed by atoms with Crippen molar-refractivity contribution in [1.82, 2.24) is 9.97 Å². The topological polar surface area (TPSA) is 63.8 Å². The molecule has 1 heterocycles. The van der Waals surface area contributed by atoms with E-state index in [1.54, 1.807) is 6.07 Å². The Kier molecular flexibility index (Phi) is 4.23. The van der Waals surface area contributed by atoms with E-state index in [4.69, 9.17) is 5.73 Å². The summed E-state index contributed by atoms with van der Waals surface area (Å²) < 4.78 is 0. The highest BCUT2D eigenvalue weighted by Gasteiger charge is 2.23. The summed E-state index contributed by atoms with van der Waals surface area (Å²) in [5, 5.41) is 3.38. The zero-order chi connectivity index (χ0) is 14.6. The van der Waals surface area contributed by atoms with Crippen LogP contribution in [0.15, 0.2) is 42.7 Å². The number of benzene rings is 1. The third-order valence-electron chi connectivity index (χ3n) is 3.45. The van der Waals surface area contributed by atoms with E-state index in [0.717, 1.165) is 12.2 Å². The smallest absolute Gasteiger partial charge is 0.131 e. The monoisotopic (exact) mass is 270 g/mol. The third kappa shape index (κ3) is 3.70. The van der Waals surface area contributed by atoms with E-state index in [1.807, 2.05) is 6.07 Å². The first-order valence-corrected chi connectivity index (χ1v) is 6.87. The molecule has 0 unspecified atom stereocenters. The van der Waals surface area contributed by atoms with Crippen LogP contribution in [-0.2, 0) is 5.41 Å². The lowest BCUT2D eigenvalue weighted by atomic mass is 9.79. The molecule has 4 heteroatoms. The summed E-state index contributed by atoms with van der Waals surface area (Å²) in [6.45, 7) is 6.67. The maximum atomic E-state index is 5.66. The number of nitrogen functional groups attached to an aromatic ring is 1. The van der Waals surface area contributed by atoms with Gasteiger partial charge in [-0.25, -0.2) is 9.97 Å². The van der Waals surface area contributed by atoms with Gasteiger partial charge in [0.25, 0.3) is 0 Å². The Morgan fingerprint density at radius 2 is 1.90 bits per heavy atom. The number of anilines is 2. The molecule has 0 aliphatic carbocycles. The Labute approximate surface area is 120 Å². The number of rotatable bonds is 5. The fraction of sp³-hybridized carbons (Fsp3) is 0.375. The Balaban J connectivity index is 2.02. The van der Waals surface area contributed by atoms with Gasteiger partial charge < -0.3 is 11.1 Å². The molecule has 0 spiro atoms. The first kappa shape index (κ1) is 14.3. The second-order valence-electron chi connectivity index (χ2n) is 5.83. The molecule has 4 nitrogen and oxygen atoms in total. The van der Waals surface area contributed by atoms with Crippen LogP contribution in [0.1, 0.15) is 32.8 Å². The van der Waals surface area contributed by atoms with E-state index in [0.29, 0.717) is 11.9 Å². The molecule has 0 saturated heterocycles. The number of hydrogen-bond acceptors (Lipinski definition) is 4. The maximum absolute atomic E-state index is 5.66. The second kappa shape index (κ2) is 5.90. The minimum Gasteiger partial charge on any atom is -0.384 e. The fourth-order valence-corrected chi connectivity index (χ4v) is 2.53. The molecule has 106 valence electrons. The van der Waals surface area contributed by atoms with E-state index in [9.17, 15) is 0 Å². The van der Waals surface area contributed by atoms with Crippen LogP contribution in [0.2, 0.25) is 0 Å². The van der Waals surface area contributed by atoms with Gasteiger partial charge in [-0.2, -0.15) is 0 Å². The lowest BCUT2D eigenvalue weighted by Gasteiger charge is -2.29. The maximum Gasteiger partial charge on any atom is 0.131 e. The summed E-state index contributed by atoms with van der Waals surface area (Å²) in [6.07, 6.45) is 2.48. The highest BCUT2D eigenvalue weighted by molar-refractivity contribution is 5.44.